The summed E-state index contributed by atoms with van der Waals surface area (Å²) in [6.45, 7) is 8.08. The van der Waals surface area contributed by atoms with E-state index in [0.29, 0.717) is 18.4 Å². The van der Waals surface area contributed by atoms with Gasteiger partial charge in [0.05, 0.1) is 18.6 Å². The van der Waals surface area contributed by atoms with E-state index >= 15 is 0 Å². The van der Waals surface area contributed by atoms with E-state index in [1.54, 1.807) is 6.26 Å². The highest BCUT2D eigenvalue weighted by molar-refractivity contribution is 14.0. The van der Waals surface area contributed by atoms with Crippen LogP contribution in [-0.2, 0) is 17.7 Å². The van der Waals surface area contributed by atoms with Gasteiger partial charge in [0.2, 0.25) is 0 Å². The van der Waals surface area contributed by atoms with Crippen LogP contribution in [0.5, 0.6) is 0 Å². The number of guanidine groups is 1. The van der Waals surface area contributed by atoms with Gasteiger partial charge in [0.25, 0.3) is 0 Å². The van der Waals surface area contributed by atoms with Crippen molar-refractivity contribution >= 4 is 29.9 Å². The molecule has 1 aliphatic heterocycles. The van der Waals surface area contributed by atoms with E-state index in [-0.39, 0.29) is 24.0 Å². The van der Waals surface area contributed by atoms with Gasteiger partial charge >= 0.3 is 0 Å². The van der Waals surface area contributed by atoms with Crippen LogP contribution in [0.15, 0.2) is 38.4 Å². The molecule has 29 heavy (non-hydrogen) atoms. The monoisotopic (exact) mass is 516 g/mol. The number of aromatic nitrogens is 1. The van der Waals surface area contributed by atoms with E-state index in [0.717, 1.165) is 75.2 Å². The molecule has 1 saturated heterocycles. The van der Waals surface area contributed by atoms with Gasteiger partial charge in [-0.05, 0) is 31.4 Å². The summed E-state index contributed by atoms with van der Waals surface area (Å²) >= 11 is 0. The zero-order chi connectivity index (χ0) is 19.6. The minimum Gasteiger partial charge on any atom is -0.469 e. The number of aliphatic imine (C=N–C) groups is 1. The van der Waals surface area contributed by atoms with E-state index in [2.05, 4.69) is 34.6 Å². The molecule has 162 valence electrons. The first-order chi connectivity index (χ1) is 13.8. The van der Waals surface area contributed by atoms with E-state index in [1.165, 1.54) is 0 Å². The number of hydrogen-bond donors (Lipinski definition) is 2. The maximum absolute atomic E-state index is 5.49. The Kier molecular flexibility index (Phi) is 10.5. The summed E-state index contributed by atoms with van der Waals surface area (Å²) in [5.74, 6) is 3.51. The Morgan fingerprint density at radius 3 is 2.83 bits per heavy atom. The van der Waals surface area contributed by atoms with E-state index in [4.69, 9.17) is 13.7 Å². The maximum atomic E-state index is 5.49. The van der Waals surface area contributed by atoms with Gasteiger partial charge < -0.3 is 24.3 Å². The predicted molar refractivity (Wildman–Crippen MR) is 124 cm³/mol. The Bertz CT molecular complexity index is 707. The molecule has 7 nitrogen and oxygen atoms in total. The molecule has 1 unspecified atom stereocenters. The van der Waals surface area contributed by atoms with Gasteiger partial charge in [-0.1, -0.05) is 19.0 Å². The highest BCUT2D eigenvalue weighted by atomic mass is 127. The summed E-state index contributed by atoms with van der Waals surface area (Å²) in [6.07, 6.45) is 5.73. The lowest BCUT2D eigenvalue weighted by molar-refractivity contribution is 0.186. The lowest BCUT2D eigenvalue weighted by Crippen LogP contribution is -2.40. The smallest absolute Gasteiger partial charge is 0.191 e. The zero-order valence-electron chi connectivity index (χ0n) is 17.4. The lowest BCUT2D eigenvalue weighted by Gasteiger charge is -2.14. The van der Waals surface area contributed by atoms with Crippen molar-refractivity contribution in [3.63, 3.8) is 0 Å². The number of halogens is 1. The Labute approximate surface area is 190 Å². The lowest BCUT2D eigenvalue weighted by atomic mass is 9.99. The Balaban J connectivity index is 0.00000300. The first-order valence-corrected chi connectivity index (χ1v) is 10.4. The third-order valence-corrected chi connectivity index (χ3v) is 5.20. The molecular formula is C21H33IN4O3. The maximum Gasteiger partial charge on any atom is 0.191 e. The fraction of sp³-hybridized carbons (Fsp3) is 0.619. The average Bonchev–Trinajstić information content (AvgIpc) is 3.47. The highest BCUT2D eigenvalue weighted by Crippen LogP contribution is 2.22. The summed E-state index contributed by atoms with van der Waals surface area (Å²) in [5, 5.41) is 11.0. The average molecular weight is 516 g/mol. The molecule has 0 saturated carbocycles. The molecule has 1 aliphatic rings. The van der Waals surface area contributed by atoms with Gasteiger partial charge in [0, 0.05) is 44.0 Å². The van der Waals surface area contributed by atoms with Crippen molar-refractivity contribution in [2.75, 3.05) is 26.3 Å². The fourth-order valence-corrected chi connectivity index (χ4v) is 3.38. The molecule has 2 aromatic heterocycles. The van der Waals surface area contributed by atoms with Gasteiger partial charge in [-0.2, -0.15) is 0 Å². The van der Waals surface area contributed by atoms with Crippen LogP contribution >= 0.6 is 24.0 Å². The van der Waals surface area contributed by atoms with Crippen LogP contribution < -0.4 is 10.6 Å². The van der Waals surface area contributed by atoms with Gasteiger partial charge in [-0.15, -0.1) is 24.0 Å². The van der Waals surface area contributed by atoms with Crippen LogP contribution in [0.1, 0.15) is 56.2 Å². The van der Waals surface area contributed by atoms with Crippen molar-refractivity contribution in [1.82, 2.24) is 15.8 Å². The molecule has 3 heterocycles. The summed E-state index contributed by atoms with van der Waals surface area (Å²) in [5.41, 5.74) is 1.03. The van der Waals surface area contributed by atoms with Crippen molar-refractivity contribution in [1.29, 1.82) is 0 Å². The Hall–Kier alpha value is -1.55. The second-order valence-corrected chi connectivity index (χ2v) is 7.26. The summed E-state index contributed by atoms with van der Waals surface area (Å²) < 4.78 is 16.3. The third-order valence-electron chi connectivity index (χ3n) is 5.20. The third kappa shape index (κ3) is 7.65. The molecular weight excluding hydrogens is 483 g/mol. The minimum atomic E-state index is 0. The van der Waals surface area contributed by atoms with Crippen molar-refractivity contribution in [3.05, 3.63) is 41.7 Å². The van der Waals surface area contributed by atoms with Crippen LogP contribution in [-0.4, -0.2) is 37.4 Å². The normalized spacial score (nSPS) is 16.8. The SMILES string of the molecule is CCC(CC)c1cc(CN=C(NCCc2ccco2)NCC2CCOC2)on1.I. The number of rotatable bonds is 10. The van der Waals surface area contributed by atoms with Gasteiger partial charge in [-0.25, -0.2) is 4.99 Å². The molecule has 2 aromatic rings. The van der Waals surface area contributed by atoms with E-state index < -0.39 is 0 Å². The number of nitrogens with zero attached hydrogens (tertiary/aromatic N) is 2. The van der Waals surface area contributed by atoms with E-state index in [1.807, 2.05) is 18.2 Å². The molecule has 0 radical (unpaired) electrons. The predicted octanol–water partition coefficient (Wildman–Crippen LogP) is 4.10. The van der Waals surface area contributed by atoms with Gasteiger partial charge in [0.15, 0.2) is 11.7 Å². The fourth-order valence-electron chi connectivity index (χ4n) is 3.38. The van der Waals surface area contributed by atoms with Crippen molar-refractivity contribution in [2.24, 2.45) is 10.9 Å². The molecule has 8 heteroatoms. The second kappa shape index (κ2) is 12.9. The second-order valence-electron chi connectivity index (χ2n) is 7.26. The summed E-state index contributed by atoms with van der Waals surface area (Å²) in [7, 11) is 0. The number of furan rings is 1. The van der Waals surface area contributed by atoms with Crippen molar-refractivity contribution < 1.29 is 13.7 Å². The first kappa shape index (κ1) is 23.7. The first-order valence-electron chi connectivity index (χ1n) is 10.4. The zero-order valence-corrected chi connectivity index (χ0v) is 19.7. The molecule has 0 aromatic carbocycles. The number of ether oxygens (including phenoxy) is 1. The molecule has 0 bridgehead atoms. The number of nitrogens with one attached hydrogen (secondary N) is 2. The quantitative estimate of drug-likeness (QED) is 0.281. The molecule has 3 rings (SSSR count). The van der Waals surface area contributed by atoms with Crippen LogP contribution in [0.2, 0.25) is 0 Å². The van der Waals surface area contributed by atoms with E-state index in [9.17, 15) is 0 Å². The standard InChI is InChI=1S/C21H32N4O3.HI/c1-3-17(4-2)20-12-19(28-25-20)14-24-21(23-13-16-8-11-26-15-16)22-9-7-18-6-5-10-27-18;/h5-6,10,12,16-17H,3-4,7-9,11,13-15H2,1-2H3,(H2,22,23,24);1H. The minimum absolute atomic E-state index is 0. The van der Waals surface area contributed by atoms with Crippen molar-refractivity contribution in [3.8, 4) is 0 Å². The molecule has 0 aliphatic carbocycles. The molecule has 1 atom stereocenters. The molecule has 0 amide bonds. The Morgan fingerprint density at radius 2 is 2.14 bits per heavy atom. The van der Waals surface area contributed by atoms with Gasteiger partial charge in [-0.3, -0.25) is 0 Å². The molecule has 0 spiro atoms. The highest BCUT2D eigenvalue weighted by Gasteiger charge is 2.16. The number of hydrogen-bond acceptors (Lipinski definition) is 5. The van der Waals surface area contributed by atoms with Crippen LogP contribution in [0, 0.1) is 5.92 Å². The largest absolute Gasteiger partial charge is 0.469 e. The van der Waals surface area contributed by atoms with Crippen LogP contribution in [0.3, 0.4) is 0 Å². The molecule has 2 N–H and O–H groups in total. The van der Waals surface area contributed by atoms with Crippen LogP contribution in [0.25, 0.3) is 0 Å². The molecule has 1 fully saturated rings. The van der Waals surface area contributed by atoms with Crippen LogP contribution in [0.4, 0.5) is 0 Å². The topological polar surface area (TPSA) is 84.8 Å². The van der Waals surface area contributed by atoms with Gasteiger partial charge in [0.1, 0.15) is 12.3 Å². The Morgan fingerprint density at radius 1 is 1.28 bits per heavy atom. The van der Waals surface area contributed by atoms with Crippen molar-refractivity contribution in [2.45, 2.75) is 52.0 Å². The summed E-state index contributed by atoms with van der Waals surface area (Å²) in [6, 6.07) is 5.92. The summed E-state index contributed by atoms with van der Waals surface area (Å²) in [4.78, 5) is 4.69.